The van der Waals surface area contributed by atoms with E-state index in [2.05, 4.69) is 15.1 Å². The van der Waals surface area contributed by atoms with Gasteiger partial charge in [0.2, 0.25) is 5.91 Å². The van der Waals surface area contributed by atoms with E-state index < -0.39 is 0 Å². The molecule has 0 aromatic heterocycles. The van der Waals surface area contributed by atoms with Crippen LogP contribution in [0.15, 0.2) is 0 Å². The molecule has 4 heteroatoms. The number of carbonyl (C=O) groups is 1. The molecule has 1 aliphatic carbocycles. The van der Waals surface area contributed by atoms with Crippen molar-refractivity contribution in [2.45, 2.75) is 50.6 Å². The first-order valence-corrected chi connectivity index (χ1v) is 7.58. The molecule has 0 radical (unpaired) electrons. The minimum absolute atomic E-state index is 0.359. The minimum atomic E-state index is 0.359. The smallest absolute Gasteiger partial charge is 0.236 e. The molecule has 3 fully saturated rings. The molecule has 2 heterocycles. The van der Waals surface area contributed by atoms with Gasteiger partial charge in [-0.1, -0.05) is 0 Å². The van der Waals surface area contributed by atoms with E-state index in [1.807, 2.05) is 0 Å². The Bertz CT molecular complexity index is 291. The van der Waals surface area contributed by atoms with Crippen LogP contribution in [0.25, 0.3) is 0 Å². The van der Waals surface area contributed by atoms with Crippen LogP contribution in [0.2, 0.25) is 0 Å². The second kappa shape index (κ2) is 5.57. The molecule has 1 saturated carbocycles. The first-order valence-electron chi connectivity index (χ1n) is 7.58. The Labute approximate surface area is 110 Å². The number of likely N-dealkylation sites (tertiary alicyclic amines) is 1. The highest BCUT2D eigenvalue weighted by Crippen LogP contribution is 2.27. The van der Waals surface area contributed by atoms with Crippen molar-refractivity contribution in [1.29, 1.82) is 0 Å². The van der Waals surface area contributed by atoms with Gasteiger partial charge in [0.1, 0.15) is 0 Å². The first-order chi connectivity index (χ1) is 8.83. The normalized spacial score (nSPS) is 28.3. The molecule has 2 saturated heterocycles. The van der Waals surface area contributed by atoms with Crippen LogP contribution in [0.4, 0.5) is 0 Å². The predicted molar refractivity (Wildman–Crippen MR) is 71.4 cm³/mol. The SMILES string of the molecule is O=C(CN(CC1CCCN1)C1CC1)N1CCCC1. The molecule has 1 amide bonds. The van der Waals surface area contributed by atoms with E-state index in [0.29, 0.717) is 24.5 Å². The maximum Gasteiger partial charge on any atom is 0.236 e. The zero-order valence-electron chi connectivity index (χ0n) is 11.2. The van der Waals surface area contributed by atoms with Crippen LogP contribution in [0, 0.1) is 0 Å². The van der Waals surface area contributed by atoms with E-state index in [1.165, 1.54) is 38.5 Å². The van der Waals surface area contributed by atoms with E-state index in [0.717, 1.165) is 26.2 Å². The molecule has 0 bridgehead atoms. The Morgan fingerprint density at radius 3 is 2.56 bits per heavy atom. The Balaban J connectivity index is 1.51. The molecule has 1 atom stereocenters. The minimum Gasteiger partial charge on any atom is -0.342 e. The summed E-state index contributed by atoms with van der Waals surface area (Å²) in [5.41, 5.74) is 0. The van der Waals surface area contributed by atoms with E-state index in [1.54, 1.807) is 0 Å². The molecular weight excluding hydrogens is 226 g/mol. The molecule has 1 unspecified atom stereocenters. The molecule has 0 spiro atoms. The Morgan fingerprint density at radius 2 is 1.94 bits per heavy atom. The molecule has 0 aromatic carbocycles. The van der Waals surface area contributed by atoms with Gasteiger partial charge in [0, 0.05) is 31.7 Å². The fourth-order valence-corrected chi connectivity index (χ4v) is 3.22. The Kier molecular flexibility index (Phi) is 3.85. The van der Waals surface area contributed by atoms with Crippen LogP contribution in [0.5, 0.6) is 0 Å². The van der Waals surface area contributed by atoms with Crippen molar-refractivity contribution >= 4 is 5.91 Å². The summed E-state index contributed by atoms with van der Waals surface area (Å²) in [7, 11) is 0. The monoisotopic (exact) mass is 251 g/mol. The number of nitrogens with zero attached hydrogens (tertiary/aromatic N) is 2. The lowest BCUT2D eigenvalue weighted by atomic mass is 10.2. The quantitative estimate of drug-likeness (QED) is 0.786. The third-order valence-corrected chi connectivity index (χ3v) is 4.48. The van der Waals surface area contributed by atoms with E-state index in [9.17, 15) is 4.79 Å². The van der Waals surface area contributed by atoms with Gasteiger partial charge >= 0.3 is 0 Å². The van der Waals surface area contributed by atoms with Crippen molar-refractivity contribution in [2.75, 3.05) is 32.7 Å². The van der Waals surface area contributed by atoms with Crippen molar-refractivity contribution in [3.8, 4) is 0 Å². The van der Waals surface area contributed by atoms with Gasteiger partial charge in [-0.15, -0.1) is 0 Å². The Hall–Kier alpha value is -0.610. The summed E-state index contributed by atoms with van der Waals surface area (Å²) in [6, 6.07) is 1.32. The summed E-state index contributed by atoms with van der Waals surface area (Å²) in [5, 5.41) is 3.55. The summed E-state index contributed by atoms with van der Waals surface area (Å²) in [5.74, 6) is 0.359. The van der Waals surface area contributed by atoms with Gasteiger partial charge in [0.15, 0.2) is 0 Å². The van der Waals surface area contributed by atoms with Gasteiger partial charge in [-0.05, 0) is 45.1 Å². The maximum absolute atomic E-state index is 12.2. The molecule has 0 aromatic rings. The summed E-state index contributed by atoms with van der Waals surface area (Å²) < 4.78 is 0. The summed E-state index contributed by atoms with van der Waals surface area (Å²) in [4.78, 5) is 16.7. The van der Waals surface area contributed by atoms with Gasteiger partial charge in [0.25, 0.3) is 0 Å². The molecule has 2 aliphatic heterocycles. The molecule has 1 N–H and O–H groups in total. The van der Waals surface area contributed by atoms with Crippen LogP contribution in [-0.2, 0) is 4.79 Å². The lowest BCUT2D eigenvalue weighted by Crippen LogP contribution is -2.45. The third-order valence-electron chi connectivity index (χ3n) is 4.48. The zero-order valence-corrected chi connectivity index (χ0v) is 11.2. The van der Waals surface area contributed by atoms with Gasteiger partial charge < -0.3 is 10.2 Å². The van der Waals surface area contributed by atoms with Crippen molar-refractivity contribution in [3.05, 3.63) is 0 Å². The largest absolute Gasteiger partial charge is 0.342 e. The number of hydrogen-bond acceptors (Lipinski definition) is 3. The molecule has 18 heavy (non-hydrogen) atoms. The number of nitrogens with one attached hydrogen (secondary N) is 1. The second-order valence-corrected chi connectivity index (χ2v) is 6.04. The number of amides is 1. The highest BCUT2D eigenvalue weighted by atomic mass is 16.2. The van der Waals surface area contributed by atoms with Gasteiger partial charge in [0.05, 0.1) is 6.54 Å². The van der Waals surface area contributed by atoms with Crippen molar-refractivity contribution in [1.82, 2.24) is 15.1 Å². The van der Waals surface area contributed by atoms with E-state index in [-0.39, 0.29) is 0 Å². The zero-order chi connectivity index (χ0) is 12.4. The van der Waals surface area contributed by atoms with E-state index >= 15 is 0 Å². The lowest BCUT2D eigenvalue weighted by Gasteiger charge is -2.27. The fraction of sp³-hybridized carbons (Fsp3) is 0.929. The fourth-order valence-electron chi connectivity index (χ4n) is 3.22. The average molecular weight is 251 g/mol. The van der Waals surface area contributed by atoms with Gasteiger partial charge in [-0.25, -0.2) is 0 Å². The predicted octanol–water partition coefficient (Wildman–Crippen LogP) is 0.825. The van der Waals surface area contributed by atoms with E-state index in [4.69, 9.17) is 0 Å². The lowest BCUT2D eigenvalue weighted by molar-refractivity contribution is -0.131. The summed E-state index contributed by atoms with van der Waals surface area (Å²) >= 11 is 0. The van der Waals surface area contributed by atoms with Crippen LogP contribution in [0.3, 0.4) is 0 Å². The maximum atomic E-state index is 12.2. The average Bonchev–Trinajstić information content (AvgIpc) is 2.88. The van der Waals surface area contributed by atoms with Crippen LogP contribution in [-0.4, -0.2) is 60.5 Å². The van der Waals surface area contributed by atoms with Gasteiger partial charge in [-0.2, -0.15) is 0 Å². The third kappa shape index (κ3) is 3.04. The number of rotatable bonds is 5. The molecule has 102 valence electrons. The molecule has 4 nitrogen and oxygen atoms in total. The van der Waals surface area contributed by atoms with Gasteiger partial charge in [-0.3, -0.25) is 9.69 Å². The molecular formula is C14H25N3O. The van der Waals surface area contributed by atoms with Crippen molar-refractivity contribution in [2.24, 2.45) is 0 Å². The molecule has 3 rings (SSSR count). The van der Waals surface area contributed by atoms with Crippen molar-refractivity contribution in [3.63, 3.8) is 0 Å². The Morgan fingerprint density at radius 1 is 1.17 bits per heavy atom. The highest BCUT2D eigenvalue weighted by Gasteiger charge is 2.33. The molecule has 3 aliphatic rings. The van der Waals surface area contributed by atoms with Crippen molar-refractivity contribution < 1.29 is 4.79 Å². The first kappa shape index (κ1) is 12.4. The van der Waals surface area contributed by atoms with Crippen LogP contribution < -0.4 is 5.32 Å². The topological polar surface area (TPSA) is 35.6 Å². The summed E-state index contributed by atoms with van der Waals surface area (Å²) in [6.45, 7) is 4.86. The number of carbonyl (C=O) groups excluding carboxylic acids is 1. The standard InChI is InChI=1S/C14H25N3O/c18-14(16-8-1-2-9-16)11-17(13-5-6-13)10-12-4-3-7-15-12/h12-13,15H,1-11H2. The summed E-state index contributed by atoms with van der Waals surface area (Å²) in [6.07, 6.45) is 7.54. The van der Waals surface area contributed by atoms with Crippen LogP contribution in [0.1, 0.15) is 38.5 Å². The van der Waals surface area contributed by atoms with Crippen LogP contribution >= 0.6 is 0 Å². The number of hydrogen-bond donors (Lipinski definition) is 1. The second-order valence-electron chi connectivity index (χ2n) is 6.04. The highest BCUT2D eigenvalue weighted by molar-refractivity contribution is 5.78.